The van der Waals surface area contributed by atoms with E-state index in [2.05, 4.69) is 46.1 Å². The van der Waals surface area contributed by atoms with E-state index in [1.165, 1.54) is 5.56 Å². The summed E-state index contributed by atoms with van der Waals surface area (Å²) in [7, 11) is 0. The summed E-state index contributed by atoms with van der Waals surface area (Å²) in [6.07, 6.45) is 6.84. The maximum absolute atomic E-state index is 11.0. The van der Waals surface area contributed by atoms with E-state index in [1.807, 2.05) is 18.6 Å². The van der Waals surface area contributed by atoms with Crippen molar-refractivity contribution in [3.8, 4) is 0 Å². The number of amides is 1. The van der Waals surface area contributed by atoms with Crippen LogP contribution in [0.25, 0.3) is 11.0 Å². The number of hydrogen-bond acceptors (Lipinski definition) is 4. The number of H-pyrrole nitrogens is 1. The Balaban J connectivity index is 1.79. The van der Waals surface area contributed by atoms with Crippen LogP contribution < -0.4 is 5.73 Å². The number of carbonyl (C=O) groups excluding carboxylic acids is 1. The monoisotopic (exact) mass is 299 g/mol. The second-order valence-corrected chi connectivity index (χ2v) is 5.91. The summed E-state index contributed by atoms with van der Waals surface area (Å²) >= 11 is 0. The first-order chi connectivity index (χ1) is 10.6. The number of rotatable bonds is 5. The fourth-order valence-corrected chi connectivity index (χ4v) is 3.15. The van der Waals surface area contributed by atoms with Gasteiger partial charge in [-0.2, -0.15) is 5.10 Å². The number of nitrogens with one attached hydrogen (secondary N) is 1. The highest BCUT2D eigenvalue weighted by Crippen LogP contribution is 2.32. The van der Waals surface area contributed by atoms with Gasteiger partial charge in [-0.1, -0.05) is 0 Å². The highest BCUT2D eigenvalue weighted by atomic mass is 16.1. The summed E-state index contributed by atoms with van der Waals surface area (Å²) < 4.78 is 0. The van der Waals surface area contributed by atoms with E-state index in [1.54, 1.807) is 0 Å². The zero-order valence-corrected chi connectivity index (χ0v) is 12.9. The lowest BCUT2D eigenvalue weighted by Crippen LogP contribution is -2.36. The van der Waals surface area contributed by atoms with E-state index in [4.69, 9.17) is 5.73 Å². The quantitative estimate of drug-likeness (QED) is 0.885. The lowest BCUT2D eigenvalue weighted by molar-refractivity contribution is -0.118. The van der Waals surface area contributed by atoms with Crippen LogP contribution >= 0.6 is 0 Å². The van der Waals surface area contributed by atoms with Crippen molar-refractivity contribution in [3.63, 3.8) is 0 Å². The number of fused-ring (bicyclic) bond motifs is 1. The molecule has 3 rings (SSSR count). The Labute approximate surface area is 129 Å². The molecule has 0 aliphatic carbocycles. The Bertz CT molecular complexity index is 707. The summed E-state index contributed by atoms with van der Waals surface area (Å²) in [5.41, 5.74) is 7.37. The number of aromatic nitrogens is 2. The van der Waals surface area contributed by atoms with Gasteiger partial charge in [0.1, 0.15) is 5.65 Å². The highest BCUT2D eigenvalue weighted by Gasteiger charge is 2.32. The summed E-state index contributed by atoms with van der Waals surface area (Å²) in [6, 6.07) is 4.54. The number of nitrogens with two attached hydrogens (primary N) is 1. The maximum atomic E-state index is 11.0. The molecule has 3 N–H and O–H groups in total. The Morgan fingerprint density at radius 1 is 1.50 bits per heavy atom. The Kier molecular flexibility index (Phi) is 3.83. The predicted molar refractivity (Wildman–Crippen MR) is 86.5 cm³/mol. The molecule has 2 aromatic rings. The summed E-state index contributed by atoms with van der Waals surface area (Å²) in [5.74, 6) is -0.0419. The molecule has 116 valence electrons. The molecule has 1 amide bonds. The molecular weight excluding hydrogens is 278 g/mol. The molecular formula is C16H21N5O. The number of primary amides is 1. The van der Waals surface area contributed by atoms with Crippen molar-refractivity contribution >= 4 is 23.2 Å². The number of carbonyl (C=O) groups is 1. The van der Waals surface area contributed by atoms with Crippen molar-refractivity contribution in [1.29, 1.82) is 0 Å². The van der Waals surface area contributed by atoms with Gasteiger partial charge in [-0.3, -0.25) is 9.80 Å². The van der Waals surface area contributed by atoms with Crippen molar-refractivity contribution in [1.82, 2.24) is 15.0 Å². The molecule has 6 nitrogen and oxygen atoms in total. The molecule has 0 bridgehead atoms. The fourth-order valence-electron chi connectivity index (χ4n) is 3.15. The van der Waals surface area contributed by atoms with Crippen LogP contribution in [0.4, 0.5) is 0 Å². The summed E-state index contributed by atoms with van der Waals surface area (Å²) in [4.78, 5) is 18.4. The third kappa shape index (κ3) is 2.56. The second-order valence-electron chi connectivity index (χ2n) is 5.91. The minimum absolute atomic E-state index is 0.187. The van der Waals surface area contributed by atoms with E-state index in [0.29, 0.717) is 6.42 Å². The topological polar surface area (TPSA) is 87.4 Å². The van der Waals surface area contributed by atoms with Crippen molar-refractivity contribution in [2.45, 2.75) is 44.7 Å². The van der Waals surface area contributed by atoms with Gasteiger partial charge >= 0.3 is 0 Å². The van der Waals surface area contributed by atoms with E-state index in [-0.39, 0.29) is 23.9 Å². The fraction of sp³-hybridized carbons (Fsp3) is 0.438. The molecule has 0 aromatic carbocycles. The zero-order valence-electron chi connectivity index (χ0n) is 12.9. The molecule has 3 unspecified atom stereocenters. The molecule has 1 aliphatic rings. The number of hydrogen-bond donors (Lipinski definition) is 2. The first-order valence-corrected chi connectivity index (χ1v) is 7.60. The van der Waals surface area contributed by atoms with Crippen molar-refractivity contribution in [2.24, 2.45) is 10.8 Å². The Morgan fingerprint density at radius 2 is 2.32 bits per heavy atom. The van der Waals surface area contributed by atoms with Gasteiger partial charge in [0.15, 0.2) is 0 Å². The summed E-state index contributed by atoms with van der Waals surface area (Å²) in [6.45, 7) is 4.24. The smallest absolute Gasteiger partial charge is 0.217 e. The Morgan fingerprint density at radius 3 is 3.09 bits per heavy atom. The standard InChI is InChI=1S/C16H21N5O/c1-10(3-4-15(17)22)21-11(2)14(9-20-21)12-5-7-18-16-13(12)6-8-19-16/h5-11,14H,3-4H2,1-2H3,(H2,17,22)(H,18,19). The van der Waals surface area contributed by atoms with Crippen LogP contribution in [0.3, 0.4) is 0 Å². The number of hydrazone groups is 1. The van der Waals surface area contributed by atoms with E-state index in [0.717, 1.165) is 17.5 Å². The van der Waals surface area contributed by atoms with Crippen LogP contribution in [0.5, 0.6) is 0 Å². The first-order valence-electron chi connectivity index (χ1n) is 7.60. The SMILES string of the molecule is CC(CCC(N)=O)N1N=CC(c2ccnc3[nH]ccc23)C1C. The lowest BCUT2D eigenvalue weighted by atomic mass is 9.92. The average molecular weight is 299 g/mol. The van der Waals surface area contributed by atoms with Crippen LogP contribution in [-0.2, 0) is 4.79 Å². The van der Waals surface area contributed by atoms with E-state index < -0.39 is 0 Å². The number of nitrogens with zero attached hydrogens (tertiary/aromatic N) is 3. The van der Waals surface area contributed by atoms with Gasteiger partial charge in [0.25, 0.3) is 0 Å². The number of pyridine rings is 1. The van der Waals surface area contributed by atoms with Crippen LogP contribution in [-0.4, -0.2) is 39.2 Å². The molecule has 2 aromatic heterocycles. The minimum Gasteiger partial charge on any atom is -0.370 e. The molecule has 1 aliphatic heterocycles. The van der Waals surface area contributed by atoms with Crippen molar-refractivity contribution in [2.75, 3.05) is 0 Å². The van der Waals surface area contributed by atoms with Gasteiger partial charge in [-0.05, 0) is 38.0 Å². The number of aromatic amines is 1. The second kappa shape index (κ2) is 5.79. The molecule has 0 fully saturated rings. The van der Waals surface area contributed by atoms with Crippen molar-refractivity contribution in [3.05, 3.63) is 30.1 Å². The third-order valence-electron chi connectivity index (χ3n) is 4.41. The van der Waals surface area contributed by atoms with Gasteiger partial charge in [-0.15, -0.1) is 0 Å². The van der Waals surface area contributed by atoms with Crippen molar-refractivity contribution < 1.29 is 4.79 Å². The van der Waals surface area contributed by atoms with Gasteiger partial charge in [0.2, 0.25) is 5.91 Å². The molecule has 0 saturated heterocycles. The first kappa shape index (κ1) is 14.6. The molecule has 3 heterocycles. The van der Waals surface area contributed by atoms with Gasteiger partial charge < -0.3 is 10.7 Å². The largest absolute Gasteiger partial charge is 0.370 e. The van der Waals surface area contributed by atoms with Gasteiger partial charge in [0, 0.05) is 42.4 Å². The minimum atomic E-state index is -0.262. The average Bonchev–Trinajstić information content (AvgIpc) is 3.10. The van der Waals surface area contributed by atoms with Crippen LogP contribution in [0.15, 0.2) is 29.6 Å². The van der Waals surface area contributed by atoms with Crippen LogP contribution in [0.2, 0.25) is 0 Å². The normalized spacial score (nSPS) is 22.4. The van der Waals surface area contributed by atoms with E-state index >= 15 is 0 Å². The Hall–Kier alpha value is -2.37. The molecule has 3 atom stereocenters. The van der Waals surface area contributed by atoms with Crippen LogP contribution in [0.1, 0.15) is 38.2 Å². The van der Waals surface area contributed by atoms with E-state index in [9.17, 15) is 4.79 Å². The summed E-state index contributed by atoms with van der Waals surface area (Å²) in [5, 5.41) is 7.78. The zero-order chi connectivity index (χ0) is 15.7. The molecule has 6 heteroatoms. The maximum Gasteiger partial charge on any atom is 0.217 e. The highest BCUT2D eigenvalue weighted by molar-refractivity contribution is 5.85. The van der Waals surface area contributed by atoms with Crippen LogP contribution in [0, 0.1) is 0 Å². The molecule has 0 spiro atoms. The lowest BCUT2D eigenvalue weighted by Gasteiger charge is -2.30. The molecule has 0 radical (unpaired) electrons. The van der Waals surface area contributed by atoms with Gasteiger partial charge in [-0.25, -0.2) is 4.98 Å². The van der Waals surface area contributed by atoms with Gasteiger partial charge in [0.05, 0.1) is 6.04 Å². The molecule has 22 heavy (non-hydrogen) atoms. The molecule has 0 saturated carbocycles. The third-order valence-corrected chi connectivity index (χ3v) is 4.41. The predicted octanol–water partition coefficient (Wildman–Crippen LogP) is 1.99.